The van der Waals surface area contributed by atoms with Crippen LogP contribution in [0, 0.1) is 19.8 Å². The third-order valence-corrected chi connectivity index (χ3v) is 3.16. The Hall–Kier alpha value is -0.830. The molecule has 1 saturated carbocycles. The summed E-state index contributed by atoms with van der Waals surface area (Å²) in [5.74, 6) is 0.513. The maximum Gasteiger partial charge on any atom is 0.0764 e. The summed E-state index contributed by atoms with van der Waals surface area (Å²) in [6.07, 6.45) is 3.43. The Balaban J connectivity index is 1.98. The number of nitrogens with zero attached hydrogens (tertiary/aromatic N) is 2. The highest BCUT2D eigenvalue weighted by Gasteiger charge is 2.26. The second-order valence-corrected chi connectivity index (χ2v) is 4.37. The molecule has 1 aromatic heterocycles. The van der Waals surface area contributed by atoms with Gasteiger partial charge in [-0.25, -0.2) is 0 Å². The van der Waals surface area contributed by atoms with E-state index >= 15 is 0 Å². The van der Waals surface area contributed by atoms with Gasteiger partial charge in [-0.1, -0.05) is 6.42 Å². The molecule has 1 N–H and O–H groups in total. The fourth-order valence-electron chi connectivity index (χ4n) is 2.01. The van der Waals surface area contributed by atoms with E-state index in [9.17, 15) is 5.11 Å². The molecule has 2 rings (SSSR count). The van der Waals surface area contributed by atoms with Gasteiger partial charge in [0, 0.05) is 5.69 Å². The number of rotatable bonds is 3. The van der Waals surface area contributed by atoms with Crippen LogP contribution in [-0.2, 0) is 6.54 Å². The summed E-state index contributed by atoms with van der Waals surface area (Å²) in [5.41, 5.74) is 2.17. The Labute approximate surface area is 84.7 Å². The summed E-state index contributed by atoms with van der Waals surface area (Å²) in [6, 6.07) is 2.05. The molecule has 3 nitrogen and oxygen atoms in total. The van der Waals surface area contributed by atoms with Gasteiger partial charge in [0.25, 0.3) is 0 Å². The van der Waals surface area contributed by atoms with Gasteiger partial charge in [0.1, 0.15) is 0 Å². The van der Waals surface area contributed by atoms with Crippen molar-refractivity contribution in [3.8, 4) is 0 Å². The van der Waals surface area contributed by atoms with Crippen LogP contribution in [0.15, 0.2) is 6.07 Å². The predicted molar refractivity (Wildman–Crippen MR) is 55.0 cm³/mol. The molecule has 1 aromatic rings. The third-order valence-electron chi connectivity index (χ3n) is 3.16. The van der Waals surface area contributed by atoms with Crippen LogP contribution in [-0.4, -0.2) is 21.0 Å². The summed E-state index contributed by atoms with van der Waals surface area (Å²) in [6.45, 7) is 4.68. The standard InChI is InChI=1S/C11H18N2O/c1-8-6-9(2)13(12-8)7-11(14)10-4-3-5-10/h6,10-11,14H,3-5,7H2,1-2H3. The average Bonchev–Trinajstić information content (AvgIpc) is 2.26. The van der Waals surface area contributed by atoms with E-state index in [1.165, 1.54) is 19.3 Å². The fraction of sp³-hybridized carbons (Fsp3) is 0.727. The van der Waals surface area contributed by atoms with Crippen LogP contribution in [0.5, 0.6) is 0 Å². The van der Waals surface area contributed by atoms with E-state index in [1.807, 2.05) is 24.6 Å². The summed E-state index contributed by atoms with van der Waals surface area (Å²) < 4.78 is 1.92. The van der Waals surface area contributed by atoms with Crippen molar-refractivity contribution >= 4 is 0 Å². The van der Waals surface area contributed by atoms with Crippen LogP contribution in [0.3, 0.4) is 0 Å². The lowest BCUT2D eigenvalue weighted by Gasteiger charge is -2.30. The molecule has 1 aliphatic carbocycles. The molecule has 0 bridgehead atoms. The van der Waals surface area contributed by atoms with Crippen LogP contribution in [0.4, 0.5) is 0 Å². The van der Waals surface area contributed by atoms with Crippen molar-refractivity contribution in [2.75, 3.05) is 0 Å². The van der Waals surface area contributed by atoms with Gasteiger partial charge in [-0.3, -0.25) is 4.68 Å². The minimum atomic E-state index is -0.207. The van der Waals surface area contributed by atoms with Gasteiger partial charge < -0.3 is 5.11 Å². The summed E-state index contributed by atoms with van der Waals surface area (Å²) in [4.78, 5) is 0. The smallest absolute Gasteiger partial charge is 0.0764 e. The van der Waals surface area contributed by atoms with Gasteiger partial charge in [-0.2, -0.15) is 5.10 Å². The van der Waals surface area contributed by atoms with Gasteiger partial charge >= 0.3 is 0 Å². The normalized spacial score (nSPS) is 19.4. The second-order valence-electron chi connectivity index (χ2n) is 4.37. The fourth-order valence-corrected chi connectivity index (χ4v) is 2.01. The summed E-state index contributed by atoms with van der Waals surface area (Å²) >= 11 is 0. The largest absolute Gasteiger partial charge is 0.391 e. The molecule has 3 heteroatoms. The number of hydrogen-bond acceptors (Lipinski definition) is 2. The van der Waals surface area contributed by atoms with Gasteiger partial charge in [-0.15, -0.1) is 0 Å². The Morgan fingerprint density at radius 3 is 2.71 bits per heavy atom. The van der Waals surface area contributed by atoms with Gasteiger partial charge in [0.05, 0.1) is 18.3 Å². The zero-order valence-corrected chi connectivity index (χ0v) is 8.90. The van der Waals surface area contributed by atoms with E-state index in [2.05, 4.69) is 5.10 Å². The lowest BCUT2D eigenvalue weighted by atomic mass is 9.81. The van der Waals surface area contributed by atoms with Crippen molar-refractivity contribution < 1.29 is 5.11 Å². The quantitative estimate of drug-likeness (QED) is 0.794. The molecule has 0 saturated heterocycles. The minimum absolute atomic E-state index is 0.207. The molecular formula is C11H18N2O. The minimum Gasteiger partial charge on any atom is -0.391 e. The highest BCUT2D eigenvalue weighted by molar-refractivity contribution is 5.06. The van der Waals surface area contributed by atoms with E-state index in [0.717, 1.165) is 11.4 Å². The molecule has 0 radical (unpaired) electrons. The number of hydrogen-bond donors (Lipinski definition) is 1. The first-order chi connectivity index (χ1) is 6.66. The molecule has 14 heavy (non-hydrogen) atoms. The molecule has 1 unspecified atom stereocenters. The predicted octanol–water partition coefficient (Wildman–Crippen LogP) is 1.66. The van der Waals surface area contributed by atoms with Crippen LogP contribution < -0.4 is 0 Å². The number of aryl methyl sites for hydroxylation is 2. The van der Waals surface area contributed by atoms with Crippen molar-refractivity contribution in [1.82, 2.24) is 9.78 Å². The lowest BCUT2D eigenvalue weighted by molar-refractivity contribution is 0.0454. The molecule has 78 valence electrons. The topological polar surface area (TPSA) is 38.0 Å². The van der Waals surface area contributed by atoms with E-state index in [1.54, 1.807) is 0 Å². The van der Waals surface area contributed by atoms with Gasteiger partial charge in [-0.05, 0) is 38.7 Å². The zero-order chi connectivity index (χ0) is 10.1. The van der Waals surface area contributed by atoms with Crippen molar-refractivity contribution in [1.29, 1.82) is 0 Å². The molecule has 1 atom stereocenters. The van der Waals surface area contributed by atoms with E-state index in [0.29, 0.717) is 12.5 Å². The third kappa shape index (κ3) is 1.82. The maximum atomic E-state index is 9.90. The SMILES string of the molecule is Cc1cc(C)n(CC(O)C2CCC2)n1. The molecule has 1 fully saturated rings. The second kappa shape index (κ2) is 3.73. The molecular weight excluding hydrogens is 176 g/mol. The highest BCUT2D eigenvalue weighted by atomic mass is 16.3. The first-order valence-corrected chi connectivity index (χ1v) is 5.36. The molecule has 1 heterocycles. The Morgan fingerprint density at radius 1 is 1.57 bits per heavy atom. The summed E-state index contributed by atoms with van der Waals surface area (Å²) in [7, 11) is 0. The molecule has 0 aliphatic heterocycles. The van der Waals surface area contributed by atoms with Crippen LogP contribution >= 0.6 is 0 Å². The summed E-state index contributed by atoms with van der Waals surface area (Å²) in [5, 5.41) is 14.2. The number of aliphatic hydroxyl groups excluding tert-OH is 1. The molecule has 0 aromatic carbocycles. The van der Waals surface area contributed by atoms with Gasteiger partial charge in [0.15, 0.2) is 0 Å². The molecule has 0 spiro atoms. The lowest BCUT2D eigenvalue weighted by Crippen LogP contribution is -2.31. The van der Waals surface area contributed by atoms with Crippen molar-refractivity contribution in [2.24, 2.45) is 5.92 Å². The molecule has 1 aliphatic rings. The van der Waals surface area contributed by atoms with Crippen molar-refractivity contribution in [2.45, 2.75) is 45.8 Å². The van der Waals surface area contributed by atoms with E-state index in [-0.39, 0.29) is 6.10 Å². The first-order valence-electron chi connectivity index (χ1n) is 5.36. The maximum absolute atomic E-state index is 9.90. The number of aliphatic hydroxyl groups is 1. The Bertz CT molecular complexity index is 315. The van der Waals surface area contributed by atoms with E-state index < -0.39 is 0 Å². The Kier molecular flexibility index (Phi) is 2.59. The Morgan fingerprint density at radius 2 is 2.29 bits per heavy atom. The van der Waals surface area contributed by atoms with Crippen molar-refractivity contribution in [3.63, 3.8) is 0 Å². The average molecular weight is 194 g/mol. The van der Waals surface area contributed by atoms with Gasteiger partial charge in [0.2, 0.25) is 0 Å². The monoisotopic (exact) mass is 194 g/mol. The zero-order valence-electron chi connectivity index (χ0n) is 8.90. The van der Waals surface area contributed by atoms with E-state index in [4.69, 9.17) is 0 Å². The number of aromatic nitrogens is 2. The van der Waals surface area contributed by atoms with Crippen molar-refractivity contribution in [3.05, 3.63) is 17.5 Å². The van der Waals surface area contributed by atoms with Crippen LogP contribution in [0.2, 0.25) is 0 Å². The van der Waals surface area contributed by atoms with Crippen LogP contribution in [0.25, 0.3) is 0 Å². The van der Waals surface area contributed by atoms with Crippen LogP contribution in [0.1, 0.15) is 30.7 Å². The molecule has 0 amide bonds. The first kappa shape index (κ1) is 9.71. The highest BCUT2D eigenvalue weighted by Crippen LogP contribution is 2.30.